The van der Waals surface area contributed by atoms with Crippen LogP contribution in [0.2, 0.25) is 0 Å². The fourth-order valence-corrected chi connectivity index (χ4v) is 4.42. The van der Waals surface area contributed by atoms with E-state index in [1.165, 1.54) is 11.8 Å². The van der Waals surface area contributed by atoms with Crippen LogP contribution in [0.15, 0.2) is 64.8 Å². The molecule has 0 fully saturated rings. The van der Waals surface area contributed by atoms with Crippen LogP contribution in [-0.2, 0) is 12.3 Å². The van der Waals surface area contributed by atoms with Crippen molar-refractivity contribution in [3.05, 3.63) is 66.8 Å². The quantitative estimate of drug-likeness (QED) is 0.247. The summed E-state index contributed by atoms with van der Waals surface area (Å²) in [5, 5.41) is 13.5. The highest BCUT2D eigenvalue weighted by Crippen LogP contribution is 2.36. The number of aromatic nitrogens is 5. The zero-order valence-corrected chi connectivity index (χ0v) is 20.0. The van der Waals surface area contributed by atoms with Crippen LogP contribution in [0.5, 0.6) is 23.0 Å². The molecule has 0 saturated carbocycles. The Morgan fingerprint density at radius 2 is 1.94 bits per heavy atom. The van der Waals surface area contributed by atoms with E-state index in [0.717, 1.165) is 11.3 Å². The van der Waals surface area contributed by atoms with Gasteiger partial charge in [0, 0.05) is 12.1 Å². The SMILES string of the molecule is C=CCn1c(SCc2nc(-c3ccc(OC)c(OC)c3)no2)nnc1C1COc2ccccc2O1. The first-order chi connectivity index (χ1) is 17.2. The van der Waals surface area contributed by atoms with Crippen LogP contribution in [0.4, 0.5) is 0 Å². The maximum absolute atomic E-state index is 6.12. The minimum absolute atomic E-state index is 0.343. The summed E-state index contributed by atoms with van der Waals surface area (Å²) in [5.74, 6) is 4.62. The Hall–Kier alpha value is -3.99. The van der Waals surface area contributed by atoms with Crippen LogP contribution in [-0.4, -0.2) is 45.7 Å². The van der Waals surface area contributed by atoms with Crippen molar-refractivity contribution in [1.29, 1.82) is 0 Å². The summed E-state index contributed by atoms with van der Waals surface area (Å²) < 4.78 is 30.0. The molecule has 10 nitrogen and oxygen atoms in total. The van der Waals surface area contributed by atoms with Crippen LogP contribution >= 0.6 is 11.8 Å². The van der Waals surface area contributed by atoms with Crippen molar-refractivity contribution in [1.82, 2.24) is 24.9 Å². The van der Waals surface area contributed by atoms with Gasteiger partial charge in [-0.2, -0.15) is 4.98 Å². The highest BCUT2D eigenvalue weighted by atomic mass is 32.2. The Bertz CT molecular complexity index is 1340. The lowest BCUT2D eigenvalue weighted by molar-refractivity contribution is 0.0821. The molecule has 1 unspecified atom stereocenters. The predicted molar refractivity (Wildman–Crippen MR) is 128 cm³/mol. The number of benzene rings is 2. The average Bonchev–Trinajstić information content (AvgIpc) is 3.54. The first-order valence-electron chi connectivity index (χ1n) is 10.8. The number of methoxy groups -OCH3 is 2. The standard InChI is InChI=1S/C24H23N5O5S/c1-4-11-29-23(20-13-32-17-7-5-6-8-18(17)33-20)26-27-24(29)35-14-21-25-22(28-34-21)15-9-10-16(30-2)19(12-15)31-3/h4-10,12,20H,1,11,13-14H2,2-3H3. The number of fused-ring (bicyclic) bond motifs is 1. The van der Waals surface area contributed by atoms with E-state index < -0.39 is 0 Å². The Labute approximate surface area is 205 Å². The third kappa shape index (κ3) is 4.67. The smallest absolute Gasteiger partial charge is 0.237 e. The van der Waals surface area contributed by atoms with Gasteiger partial charge >= 0.3 is 0 Å². The van der Waals surface area contributed by atoms with Crippen LogP contribution in [0.25, 0.3) is 11.4 Å². The van der Waals surface area contributed by atoms with Crippen molar-refractivity contribution in [3.63, 3.8) is 0 Å². The summed E-state index contributed by atoms with van der Waals surface area (Å²) in [4.78, 5) is 4.51. The number of allylic oxidation sites excluding steroid dienone is 1. The molecule has 3 heterocycles. The van der Waals surface area contributed by atoms with E-state index in [4.69, 9.17) is 23.5 Å². The second-order valence-corrected chi connectivity index (χ2v) is 8.42. The van der Waals surface area contributed by atoms with Gasteiger partial charge in [-0.1, -0.05) is 35.1 Å². The molecule has 0 amide bonds. The topological polar surface area (TPSA) is 107 Å². The first kappa shape index (κ1) is 22.8. The summed E-state index contributed by atoms with van der Waals surface area (Å²) in [6.45, 7) is 4.73. The third-order valence-electron chi connectivity index (χ3n) is 5.29. The van der Waals surface area contributed by atoms with E-state index in [1.54, 1.807) is 32.4 Å². The van der Waals surface area contributed by atoms with Gasteiger partial charge in [0.05, 0.1) is 20.0 Å². The zero-order valence-electron chi connectivity index (χ0n) is 19.2. The van der Waals surface area contributed by atoms with Crippen molar-refractivity contribution in [2.24, 2.45) is 0 Å². The minimum Gasteiger partial charge on any atom is -0.493 e. The number of hydrogen-bond acceptors (Lipinski definition) is 10. The number of rotatable bonds is 9. The highest BCUT2D eigenvalue weighted by Gasteiger charge is 2.28. The van der Waals surface area contributed by atoms with E-state index in [0.29, 0.717) is 58.8 Å². The number of para-hydroxylation sites is 2. The molecule has 4 aromatic rings. The Morgan fingerprint density at radius 1 is 1.11 bits per heavy atom. The summed E-state index contributed by atoms with van der Waals surface area (Å²) in [7, 11) is 3.17. The predicted octanol–water partition coefficient (Wildman–Crippen LogP) is 4.34. The Kier molecular flexibility index (Phi) is 6.57. The lowest BCUT2D eigenvalue weighted by atomic mass is 10.2. The van der Waals surface area contributed by atoms with Gasteiger partial charge < -0.3 is 23.5 Å². The van der Waals surface area contributed by atoms with Gasteiger partial charge in [0.1, 0.15) is 6.61 Å². The lowest BCUT2D eigenvalue weighted by Gasteiger charge is -2.26. The number of thioether (sulfide) groups is 1. The zero-order chi connectivity index (χ0) is 24.2. The van der Waals surface area contributed by atoms with Gasteiger partial charge in [-0.25, -0.2) is 0 Å². The molecule has 2 aromatic carbocycles. The third-order valence-corrected chi connectivity index (χ3v) is 6.24. The van der Waals surface area contributed by atoms with Crippen molar-refractivity contribution < 1.29 is 23.5 Å². The summed E-state index contributed by atoms with van der Waals surface area (Å²) in [6, 6.07) is 13.0. The average molecular weight is 494 g/mol. The number of hydrogen-bond donors (Lipinski definition) is 0. The van der Waals surface area contributed by atoms with Crippen LogP contribution in [0, 0.1) is 0 Å². The molecule has 0 bridgehead atoms. The molecule has 1 aliphatic rings. The minimum atomic E-state index is -0.383. The molecule has 5 rings (SSSR count). The number of nitrogens with zero attached hydrogens (tertiary/aromatic N) is 5. The molecule has 0 radical (unpaired) electrons. The molecule has 0 saturated heterocycles. The van der Waals surface area contributed by atoms with Crippen molar-refractivity contribution in [2.45, 2.75) is 23.6 Å². The van der Waals surface area contributed by atoms with E-state index in [9.17, 15) is 0 Å². The van der Waals surface area contributed by atoms with Gasteiger partial charge in [-0.05, 0) is 30.3 Å². The van der Waals surface area contributed by atoms with E-state index in [2.05, 4.69) is 26.9 Å². The molecule has 0 N–H and O–H groups in total. The van der Waals surface area contributed by atoms with Gasteiger partial charge in [-0.3, -0.25) is 4.57 Å². The molecule has 2 aromatic heterocycles. The van der Waals surface area contributed by atoms with Gasteiger partial charge in [-0.15, -0.1) is 16.8 Å². The van der Waals surface area contributed by atoms with Crippen molar-refractivity contribution >= 4 is 11.8 Å². The van der Waals surface area contributed by atoms with Gasteiger partial charge in [0.25, 0.3) is 0 Å². The van der Waals surface area contributed by atoms with Crippen LogP contribution in [0.3, 0.4) is 0 Å². The fraction of sp³-hybridized carbons (Fsp3) is 0.250. The Morgan fingerprint density at radius 3 is 2.74 bits per heavy atom. The van der Waals surface area contributed by atoms with E-state index in [-0.39, 0.29) is 6.10 Å². The first-order valence-corrected chi connectivity index (χ1v) is 11.8. The largest absolute Gasteiger partial charge is 0.493 e. The lowest BCUT2D eigenvalue weighted by Crippen LogP contribution is -2.25. The molecule has 1 atom stereocenters. The molecular weight excluding hydrogens is 470 g/mol. The van der Waals surface area contributed by atoms with Crippen molar-refractivity contribution in [2.75, 3.05) is 20.8 Å². The molecular formula is C24H23N5O5S. The normalized spacial score (nSPS) is 14.5. The maximum Gasteiger partial charge on any atom is 0.237 e. The monoisotopic (exact) mass is 493 g/mol. The van der Waals surface area contributed by atoms with Crippen LogP contribution < -0.4 is 18.9 Å². The fourth-order valence-electron chi connectivity index (χ4n) is 3.62. The molecule has 0 spiro atoms. The number of ether oxygens (including phenoxy) is 4. The van der Waals surface area contributed by atoms with Gasteiger partial charge in [0.15, 0.2) is 40.1 Å². The second kappa shape index (κ2) is 10.1. The molecule has 11 heteroatoms. The van der Waals surface area contributed by atoms with E-state index >= 15 is 0 Å². The molecule has 35 heavy (non-hydrogen) atoms. The summed E-state index contributed by atoms with van der Waals surface area (Å²) in [5.41, 5.74) is 0.759. The summed E-state index contributed by atoms with van der Waals surface area (Å²) in [6.07, 6.45) is 1.41. The molecule has 0 aliphatic carbocycles. The second-order valence-electron chi connectivity index (χ2n) is 7.47. The maximum atomic E-state index is 6.12. The van der Waals surface area contributed by atoms with Gasteiger partial charge in [0.2, 0.25) is 11.7 Å². The van der Waals surface area contributed by atoms with E-state index in [1.807, 2.05) is 34.9 Å². The molecule has 180 valence electrons. The van der Waals surface area contributed by atoms with Crippen LogP contribution in [0.1, 0.15) is 17.8 Å². The molecule has 1 aliphatic heterocycles. The Balaban J connectivity index is 1.31. The van der Waals surface area contributed by atoms with Crippen molar-refractivity contribution in [3.8, 4) is 34.4 Å². The summed E-state index contributed by atoms with van der Waals surface area (Å²) >= 11 is 1.44. The highest BCUT2D eigenvalue weighted by molar-refractivity contribution is 7.98.